The maximum Gasteiger partial charge on any atom is 0.327 e. The van der Waals surface area contributed by atoms with Crippen LogP contribution in [0.25, 0.3) is 0 Å². The van der Waals surface area contributed by atoms with E-state index in [1.807, 2.05) is 0 Å². The molecule has 0 aromatic rings. The molecule has 19 heavy (non-hydrogen) atoms. The molecule has 0 spiro atoms. The van der Waals surface area contributed by atoms with E-state index >= 15 is 0 Å². The number of hydrogen-bond donors (Lipinski definition) is 5. The summed E-state index contributed by atoms with van der Waals surface area (Å²) in [4.78, 5) is 12.9. The summed E-state index contributed by atoms with van der Waals surface area (Å²) in [6.07, 6.45) is -2.01. The molecule has 2 rings (SSSR count). The fourth-order valence-electron chi connectivity index (χ4n) is 1.96. The van der Waals surface area contributed by atoms with E-state index in [9.17, 15) is 15.0 Å². The first kappa shape index (κ1) is 14.2. The van der Waals surface area contributed by atoms with E-state index in [0.29, 0.717) is 0 Å². The number of methoxy groups -OCH3 is 1. The summed E-state index contributed by atoms with van der Waals surface area (Å²) >= 11 is 0. The number of nitrogens with two attached hydrogens (primary N) is 1. The second kappa shape index (κ2) is 5.04. The summed E-state index contributed by atoms with van der Waals surface area (Å²) in [6, 6.07) is -0.651. The lowest BCUT2D eigenvalue weighted by Crippen LogP contribution is -2.63. The van der Waals surface area contributed by atoms with Crippen LogP contribution < -0.4 is 11.1 Å². The van der Waals surface area contributed by atoms with Gasteiger partial charge in [-0.2, -0.15) is 0 Å². The molecule has 2 aliphatic rings. The van der Waals surface area contributed by atoms with E-state index in [0.717, 1.165) is 4.90 Å². The second-order valence-corrected chi connectivity index (χ2v) is 4.38. The molecule has 5 atom stereocenters. The molecular weight excluding hydrogens is 258 g/mol. The van der Waals surface area contributed by atoms with Crippen LogP contribution in [0.2, 0.25) is 0 Å². The average Bonchev–Trinajstić information content (AvgIpc) is 2.67. The van der Waals surface area contributed by atoms with Crippen molar-refractivity contribution in [2.45, 2.75) is 30.4 Å². The van der Waals surface area contributed by atoms with Crippen LogP contribution in [0.5, 0.6) is 0 Å². The molecule has 1 saturated heterocycles. The summed E-state index contributed by atoms with van der Waals surface area (Å²) in [5.41, 5.74) is 5.66. The SMILES string of the molecule is COC1(N)C=CN([C@@H]2O[C@H](CO)[C@@H](O)[C@H]2O)C(=O)N1. The highest BCUT2D eigenvalue weighted by Crippen LogP contribution is 2.26. The number of carbonyl (C=O) groups is 1. The minimum absolute atomic E-state index is 0.465. The van der Waals surface area contributed by atoms with E-state index in [4.69, 9.17) is 20.3 Å². The first-order chi connectivity index (χ1) is 8.91. The zero-order valence-electron chi connectivity index (χ0n) is 10.3. The Kier molecular flexibility index (Phi) is 3.76. The van der Waals surface area contributed by atoms with Crippen molar-refractivity contribution in [3.05, 3.63) is 12.3 Å². The predicted molar refractivity (Wildman–Crippen MR) is 61.2 cm³/mol. The van der Waals surface area contributed by atoms with Gasteiger partial charge in [-0.3, -0.25) is 16.0 Å². The van der Waals surface area contributed by atoms with Crippen LogP contribution in [0.3, 0.4) is 0 Å². The van der Waals surface area contributed by atoms with Crippen LogP contribution in [0.15, 0.2) is 12.3 Å². The van der Waals surface area contributed by atoms with Crippen LogP contribution in [0.1, 0.15) is 0 Å². The largest absolute Gasteiger partial charge is 0.394 e. The summed E-state index contributed by atoms with van der Waals surface area (Å²) in [5.74, 6) is -1.42. The zero-order valence-corrected chi connectivity index (χ0v) is 10.3. The third-order valence-electron chi connectivity index (χ3n) is 3.15. The molecule has 1 fully saturated rings. The molecule has 1 unspecified atom stereocenters. The molecule has 6 N–H and O–H groups in total. The van der Waals surface area contributed by atoms with Gasteiger partial charge < -0.3 is 24.8 Å². The van der Waals surface area contributed by atoms with Gasteiger partial charge in [0.2, 0.25) is 5.85 Å². The Bertz CT molecular complexity index is 391. The Morgan fingerprint density at radius 2 is 2.26 bits per heavy atom. The van der Waals surface area contributed by atoms with E-state index in [-0.39, 0.29) is 0 Å². The van der Waals surface area contributed by atoms with Crippen molar-refractivity contribution in [3.8, 4) is 0 Å². The number of nitrogens with one attached hydrogen (secondary N) is 1. The van der Waals surface area contributed by atoms with Crippen molar-refractivity contribution in [2.24, 2.45) is 5.73 Å². The van der Waals surface area contributed by atoms with Gasteiger partial charge in [0.1, 0.15) is 18.3 Å². The van der Waals surface area contributed by atoms with E-state index < -0.39 is 43.0 Å². The van der Waals surface area contributed by atoms with Gasteiger partial charge in [-0.05, 0) is 0 Å². The summed E-state index contributed by atoms with van der Waals surface area (Å²) in [7, 11) is 1.33. The smallest absolute Gasteiger partial charge is 0.327 e. The molecule has 2 heterocycles. The van der Waals surface area contributed by atoms with E-state index in [2.05, 4.69) is 5.32 Å². The molecule has 0 bridgehead atoms. The molecular formula is C10H17N3O6. The number of rotatable bonds is 3. The minimum Gasteiger partial charge on any atom is -0.394 e. The highest BCUT2D eigenvalue weighted by Gasteiger charge is 2.47. The number of hydrogen-bond acceptors (Lipinski definition) is 7. The van der Waals surface area contributed by atoms with Crippen LogP contribution >= 0.6 is 0 Å². The topological polar surface area (TPSA) is 138 Å². The number of urea groups is 1. The highest BCUT2D eigenvalue weighted by atomic mass is 16.6. The quantitative estimate of drug-likeness (QED) is 0.351. The molecule has 2 aliphatic heterocycles. The van der Waals surface area contributed by atoms with Gasteiger partial charge in [-0.25, -0.2) is 4.79 Å². The molecule has 9 nitrogen and oxygen atoms in total. The molecule has 2 amide bonds. The zero-order chi connectivity index (χ0) is 14.2. The lowest BCUT2D eigenvalue weighted by molar-refractivity contribution is -0.0739. The third kappa shape index (κ3) is 2.43. The van der Waals surface area contributed by atoms with Crippen molar-refractivity contribution in [3.63, 3.8) is 0 Å². The Labute approximate surface area is 109 Å². The van der Waals surface area contributed by atoms with Crippen LogP contribution in [0.4, 0.5) is 4.79 Å². The summed E-state index contributed by atoms with van der Waals surface area (Å²) in [5, 5.41) is 30.8. The fraction of sp³-hybridized carbons (Fsp3) is 0.700. The Morgan fingerprint density at radius 3 is 2.74 bits per heavy atom. The van der Waals surface area contributed by atoms with Gasteiger partial charge in [0.15, 0.2) is 6.23 Å². The van der Waals surface area contributed by atoms with E-state index in [1.54, 1.807) is 0 Å². The Hall–Kier alpha value is -1.23. The normalized spacial score (nSPS) is 42.6. The van der Waals surface area contributed by atoms with Gasteiger partial charge in [-0.1, -0.05) is 0 Å². The number of aliphatic hydroxyl groups is 3. The van der Waals surface area contributed by atoms with Gasteiger partial charge in [-0.15, -0.1) is 0 Å². The van der Waals surface area contributed by atoms with Crippen molar-refractivity contribution < 1.29 is 29.6 Å². The minimum atomic E-state index is -1.42. The predicted octanol–water partition coefficient (Wildman–Crippen LogP) is -2.78. The molecule has 9 heteroatoms. The van der Waals surface area contributed by atoms with Crippen molar-refractivity contribution >= 4 is 6.03 Å². The van der Waals surface area contributed by atoms with Gasteiger partial charge in [0.25, 0.3) is 0 Å². The van der Waals surface area contributed by atoms with Crippen LogP contribution in [0, 0.1) is 0 Å². The average molecular weight is 275 g/mol. The van der Waals surface area contributed by atoms with Crippen LogP contribution in [-0.4, -0.2) is 70.4 Å². The lowest BCUT2D eigenvalue weighted by atomic mass is 10.1. The van der Waals surface area contributed by atoms with Gasteiger partial charge in [0, 0.05) is 19.4 Å². The maximum absolute atomic E-state index is 11.9. The molecule has 0 aliphatic carbocycles. The molecule has 0 aromatic carbocycles. The monoisotopic (exact) mass is 275 g/mol. The van der Waals surface area contributed by atoms with E-state index in [1.165, 1.54) is 19.4 Å². The third-order valence-corrected chi connectivity index (χ3v) is 3.15. The van der Waals surface area contributed by atoms with Crippen molar-refractivity contribution in [1.29, 1.82) is 0 Å². The standard InChI is InChI=1S/C10H17N3O6/c1-18-10(11)2-3-13(9(17)12-10)8-7(16)6(15)5(4-14)19-8/h2-3,5-8,14-16H,4,11H2,1H3,(H,12,17)/t5-,6-,7-,8-,10?/m1/s1. The first-order valence-electron chi connectivity index (χ1n) is 5.68. The number of nitrogens with zero attached hydrogens (tertiary/aromatic N) is 1. The number of ether oxygens (including phenoxy) is 2. The number of aliphatic hydroxyl groups excluding tert-OH is 3. The van der Waals surface area contributed by atoms with Crippen molar-refractivity contribution in [2.75, 3.05) is 13.7 Å². The summed E-state index contributed by atoms with van der Waals surface area (Å²) in [6.45, 7) is -0.465. The Balaban J connectivity index is 2.16. The van der Waals surface area contributed by atoms with Gasteiger partial charge >= 0.3 is 6.03 Å². The second-order valence-electron chi connectivity index (χ2n) is 4.38. The molecule has 0 radical (unpaired) electrons. The Morgan fingerprint density at radius 1 is 1.58 bits per heavy atom. The number of carbonyl (C=O) groups excluding carboxylic acids is 1. The molecule has 0 saturated carbocycles. The molecule has 0 aromatic heterocycles. The number of amides is 2. The summed E-state index contributed by atoms with van der Waals surface area (Å²) < 4.78 is 10.1. The highest BCUT2D eigenvalue weighted by molar-refractivity contribution is 5.77. The fourth-order valence-corrected chi connectivity index (χ4v) is 1.96. The maximum atomic E-state index is 11.9. The van der Waals surface area contributed by atoms with Crippen LogP contribution in [-0.2, 0) is 9.47 Å². The van der Waals surface area contributed by atoms with Gasteiger partial charge in [0.05, 0.1) is 6.61 Å². The first-order valence-corrected chi connectivity index (χ1v) is 5.68. The molecule has 108 valence electrons. The van der Waals surface area contributed by atoms with Crippen molar-refractivity contribution in [1.82, 2.24) is 10.2 Å². The lowest BCUT2D eigenvalue weighted by Gasteiger charge is -2.36.